The molecule has 0 saturated carbocycles. The van der Waals surface area contributed by atoms with E-state index in [1.807, 2.05) is 23.9 Å². The van der Waals surface area contributed by atoms with Crippen molar-refractivity contribution >= 4 is 28.9 Å². The number of nitrogens with zero attached hydrogens (tertiary/aromatic N) is 1. The van der Waals surface area contributed by atoms with E-state index in [1.165, 1.54) is 59.9 Å². The monoisotopic (exact) mass is 871 g/mol. The van der Waals surface area contributed by atoms with Gasteiger partial charge in [0.05, 0.1) is 11.1 Å². The highest BCUT2D eigenvalue weighted by molar-refractivity contribution is 7.99. The Morgan fingerprint density at radius 3 is 1.88 bits per heavy atom. The summed E-state index contributed by atoms with van der Waals surface area (Å²) in [5, 5.41) is 7.45. The quantitative estimate of drug-likeness (QED) is 0.0796. The molecule has 66 heavy (non-hydrogen) atoms. The van der Waals surface area contributed by atoms with Gasteiger partial charge in [0.25, 0.3) is 0 Å². The molecule has 0 amide bonds. The molecular weight excluding hydrogens is 819 g/mol. The number of benzene rings is 7. The smallest absolute Gasteiger partial charge is 0.145 e. The van der Waals surface area contributed by atoms with E-state index in [0.717, 1.165) is 76.2 Å². The first-order valence-corrected chi connectivity index (χ1v) is 23.7. The van der Waals surface area contributed by atoms with Crippen LogP contribution in [0.5, 0.6) is 0 Å². The van der Waals surface area contributed by atoms with Crippen molar-refractivity contribution in [2.75, 3.05) is 11.9 Å². The lowest BCUT2D eigenvalue weighted by Crippen LogP contribution is -2.32. The lowest BCUT2D eigenvalue weighted by molar-refractivity contribution is 0.656. The van der Waals surface area contributed by atoms with Crippen LogP contribution in [-0.4, -0.2) is 12.3 Å². The van der Waals surface area contributed by atoms with E-state index in [0.29, 0.717) is 6.54 Å². The van der Waals surface area contributed by atoms with Crippen LogP contribution in [0.2, 0.25) is 0 Å². The fourth-order valence-electron chi connectivity index (χ4n) is 9.92. The molecule has 4 heteroatoms. The zero-order valence-corrected chi connectivity index (χ0v) is 38.1. The number of fused-ring (bicyclic) bond motifs is 9. The van der Waals surface area contributed by atoms with Crippen molar-refractivity contribution in [3.05, 3.63) is 265 Å². The maximum atomic E-state index is 5.45. The Morgan fingerprint density at radius 2 is 1.17 bits per heavy atom. The molecule has 0 saturated heterocycles. The highest BCUT2D eigenvalue weighted by Gasteiger charge is 2.50. The van der Waals surface area contributed by atoms with Gasteiger partial charge in [-0.15, -0.1) is 13.2 Å². The molecule has 1 atom stereocenters. The van der Waals surface area contributed by atoms with Crippen LogP contribution in [0.1, 0.15) is 65.2 Å². The van der Waals surface area contributed by atoms with Gasteiger partial charge in [0, 0.05) is 33.3 Å². The molecule has 10 rings (SSSR count). The maximum absolute atomic E-state index is 5.45. The van der Waals surface area contributed by atoms with Gasteiger partial charge in [0.15, 0.2) is 0 Å². The molecule has 7 aromatic carbocycles. The SMILES string of the molecule is C=CCCC(=C)C(=C)CCC(=C)C1=NC(c2ccc3c(c2)Sc2cc(-c4ccccc4NCC=C)ccc2C32c3ccccc3-c3ccccc32)NC(c2ccc(-c3ccccc3)cc2)=C1. The van der Waals surface area contributed by atoms with Crippen molar-refractivity contribution in [3.8, 4) is 33.4 Å². The normalized spacial score (nSPS) is 14.9. The fourth-order valence-corrected chi connectivity index (χ4v) is 11.2. The minimum Gasteiger partial charge on any atom is -0.381 e. The Morgan fingerprint density at radius 1 is 0.576 bits per heavy atom. The topological polar surface area (TPSA) is 36.4 Å². The van der Waals surface area contributed by atoms with E-state index in [2.05, 4.69) is 213 Å². The molecule has 2 aliphatic heterocycles. The zero-order valence-electron chi connectivity index (χ0n) is 37.3. The highest BCUT2D eigenvalue weighted by atomic mass is 32.2. The summed E-state index contributed by atoms with van der Waals surface area (Å²) in [5.74, 6) is 0. The average molecular weight is 872 g/mol. The molecule has 2 heterocycles. The number of allylic oxidation sites excluding steroid dienone is 5. The van der Waals surface area contributed by atoms with E-state index in [9.17, 15) is 0 Å². The number of aliphatic imine (C=N–C) groups is 1. The van der Waals surface area contributed by atoms with Crippen LogP contribution < -0.4 is 10.6 Å². The van der Waals surface area contributed by atoms with Crippen molar-refractivity contribution in [2.24, 2.45) is 4.99 Å². The van der Waals surface area contributed by atoms with Crippen LogP contribution in [0.3, 0.4) is 0 Å². The third-order valence-electron chi connectivity index (χ3n) is 13.3. The fraction of sp³-hybridized carbons (Fsp3) is 0.113. The number of nitrogens with one attached hydrogen (secondary N) is 2. The minimum absolute atomic E-state index is 0.350. The number of anilines is 1. The van der Waals surface area contributed by atoms with Gasteiger partial charge in [-0.1, -0.05) is 200 Å². The molecular formula is C62H53N3S. The lowest BCUT2D eigenvalue weighted by atomic mass is 9.67. The standard InChI is InChI=1S/C62H53N3S/c1-6-8-18-41(3)42(4)27-28-43(5)57-40-58(46-31-29-45(30-32-46)44-19-10-9-11-20-44)65-61(64-57)48-34-36-55-60(39-48)66-59-38-47(49-21-14-17-26-56(49)63-37-7-2)33-35-54(59)62(55)52-24-15-12-22-50(52)51-23-13-16-25-53(51)62/h6-7,9-17,19-26,29-36,38-40,61,63,65H,1-5,8,18,27-28,37H2. The van der Waals surface area contributed by atoms with Crippen LogP contribution in [0.25, 0.3) is 39.1 Å². The van der Waals surface area contributed by atoms with Gasteiger partial charge in [-0.2, -0.15) is 0 Å². The van der Waals surface area contributed by atoms with Crippen molar-refractivity contribution in [3.63, 3.8) is 0 Å². The summed E-state index contributed by atoms with van der Waals surface area (Å²) in [7, 11) is 0. The number of hydrogen-bond donors (Lipinski definition) is 2. The Hall–Kier alpha value is -7.40. The van der Waals surface area contributed by atoms with Crippen LogP contribution in [0.4, 0.5) is 5.69 Å². The third-order valence-corrected chi connectivity index (χ3v) is 14.5. The minimum atomic E-state index is -0.507. The van der Waals surface area contributed by atoms with E-state index in [4.69, 9.17) is 4.99 Å². The van der Waals surface area contributed by atoms with E-state index in [1.54, 1.807) is 0 Å². The van der Waals surface area contributed by atoms with Gasteiger partial charge in [0.2, 0.25) is 0 Å². The Labute approximate surface area is 394 Å². The third kappa shape index (κ3) is 7.71. The second kappa shape index (κ2) is 18.2. The number of hydrogen-bond acceptors (Lipinski definition) is 4. The number of para-hydroxylation sites is 1. The summed E-state index contributed by atoms with van der Waals surface area (Å²) in [6.45, 7) is 21.9. The summed E-state index contributed by atoms with van der Waals surface area (Å²) >= 11 is 1.86. The Kier molecular flexibility index (Phi) is 11.8. The summed E-state index contributed by atoms with van der Waals surface area (Å²) < 4.78 is 0. The van der Waals surface area contributed by atoms with Crippen molar-refractivity contribution in [1.29, 1.82) is 0 Å². The Balaban J connectivity index is 1.08. The summed E-state index contributed by atoms with van der Waals surface area (Å²) in [6.07, 6.45) is 8.92. The predicted molar refractivity (Wildman–Crippen MR) is 281 cm³/mol. The summed E-state index contributed by atoms with van der Waals surface area (Å²) in [4.78, 5) is 7.91. The van der Waals surface area contributed by atoms with Gasteiger partial charge in [0.1, 0.15) is 6.17 Å². The molecule has 0 radical (unpaired) electrons. The number of rotatable bonds is 15. The first kappa shape index (κ1) is 42.5. The molecule has 1 unspecified atom stereocenters. The maximum Gasteiger partial charge on any atom is 0.145 e. The zero-order chi connectivity index (χ0) is 45.2. The molecule has 0 bridgehead atoms. The van der Waals surface area contributed by atoms with Crippen LogP contribution in [0.15, 0.2) is 246 Å². The highest BCUT2D eigenvalue weighted by Crippen LogP contribution is 2.62. The van der Waals surface area contributed by atoms with Gasteiger partial charge < -0.3 is 10.6 Å². The molecule has 3 nitrogen and oxygen atoms in total. The van der Waals surface area contributed by atoms with E-state index >= 15 is 0 Å². The largest absolute Gasteiger partial charge is 0.381 e. The first-order chi connectivity index (χ1) is 32.4. The molecule has 322 valence electrons. The van der Waals surface area contributed by atoms with Gasteiger partial charge in [-0.05, 0) is 117 Å². The first-order valence-electron chi connectivity index (χ1n) is 22.8. The van der Waals surface area contributed by atoms with Crippen molar-refractivity contribution < 1.29 is 0 Å². The molecule has 7 aromatic rings. The predicted octanol–water partition coefficient (Wildman–Crippen LogP) is 15.9. The van der Waals surface area contributed by atoms with E-state index in [-0.39, 0.29) is 6.17 Å². The van der Waals surface area contributed by atoms with E-state index < -0.39 is 5.41 Å². The van der Waals surface area contributed by atoms with Crippen molar-refractivity contribution in [2.45, 2.75) is 47.1 Å². The molecule has 3 aliphatic rings. The van der Waals surface area contributed by atoms with Gasteiger partial charge in [-0.25, -0.2) is 0 Å². The molecule has 1 spiro atoms. The van der Waals surface area contributed by atoms with Gasteiger partial charge >= 0.3 is 0 Å². The summed E-state index contributed by atoms with van der Waals surface area (Å²) in [5.41, 5.74) is 20.3. The molecule has 0 fully saturated rings. The second-order valence-corrected chi connectivity index (χ2v) is 18.4. The van der Waals surface area contributed by atoms with Crippen LogP contribution in [0, 0.1) is 0 Å². The molecule has 0 aromatic heterocycles. The lowest BCUT2D eigenvalue weighted by Gasteiger charge is -2.40. The molecule has 1 aliphatic carbocycles. The summed E-state index contributed by atoms with van der Waals surface area (Å²) in [6, 6.07) is 60.0. The van der Waals surface area contributed by atoms with Crippen molar-refractivity contribution in [1.82, 2.24) is 5.32 Å². The second-order valence-electron chi connectivity index (χ2n) is 17.3. The van der Waals surface area contributed by atoms with Crippen LogP contribution >= 0.6 is 11.8 Å². The average Bonchev–Trinajstić information content (AvgIpc) is 3.66. The Bertz CT molecular complexity index is 3080. The van der Waals surface area contributed by atoms with Crippen LogP contribution in [-0.2, 0) is 5.41 Å². The van der Waals surface area contributed by atoms with Gasteiger partial charge in [-0.3, -0.25) is 4.99 Å². The molecule has 2 N–H and O–H groups in total.